The van der Waals surface area contributed by atoms with E-state index in [1.165, 1.54) is 19.3 Å². The number of benzene rings is 1. The largest absolute Gasteiger partial charge is 0.497 e. The lowest BCUT2D eigenvalue weighted by atomic mass is 10.1. The number of hydrogen-bond donors (Lipinski definition) is 1. The second-order valence-corrected chi connectivity index (χ2v) is 4.32. The van der Waals surface area contributed by atoms with Gasteiger partial charge in [0.15, 0.2) is 0 Å². The van der Waals surface area contributed by atoms with Crippen LogP contribution in [0.25, 0.3) is 0 Å². The number of nitrogen functional groups attached to an aromatic ring is 1. The second-order valence-electron chi connectivity index (χ2n) is 4.32. The van der Waals surface area contributed by atoms with Crippen LogP contribution >= 0.6 is 0 Å². The molecule has 1 aromatic carbocycles. The van der Waals surface area contributed by atoms with Crippen molar-refractivity contribution >= 4 is 11.4 Å². The molecule has 16 heavy (non-hydrogen) atoms. The van der Waals surface area contributed by atoms with E-state index in [1.807, 2.05) is 18.2 Å². The number of ether oxygens (including phenoxy) is 1. The first-order valence-electron chi connectivity index (χ1n) is 5.96. The monoisotopic (exact) mass is 220 g/mol. The standard InChI is InChI=1S/C13H20N2O/c1-3-10-5-4-8-15(10)13-9-11(16-2)6-7-12(13)14/h6-7,9-10H,3-5,8,14H2,1-2H3. The van der Waals surface area contributed by atoms with Gasteiger partial charge in [-0.3, -0.25) is 0 Å². The minimum absolute atomic E-state index is 0.634. The average molecular weight is 220 g/mol. The van der Waals surface area contributed by atoms with Crippen LogP contribution in [-0.2, 0) is 0 Å². The van der Waals surface area contributed by atoms with Crippen LogP contribution in [0.1, 0.15) is 26.2 Å². The smallest absolute Gasteiger partial charge is 0.121 e. The molecule has 1 unspecified atom stereocenters. The van der Waals surface area contributed by atoms with E-state index < -0.39 is 0 Å². The molecular formula is C13H20N2O. The number of anilines is 2. The molecule has 88 valence electrons. The highest BCUT2D eigenvalue weighted by atomic mass is 16.5. The molecule has 0 amide bonds. The van der Waals surface area contributed by atoms with Crippen molar-refractivity contribution in [2.24, 2.45) is 0 Å². The first-order valence-corrected chi connectivity index (χ1v) is 5.96. The Balaban J connectivity index is 2.31. The van der Waals surface area contributed by atoms with Gasteiger partial charge in [0.2, 0.25) is 0 Å². The zero-order valence-corrected chi connectivity index (χ0v) is 10.1. The maximum absolute atomic E-state index is 6.04. The van der Waals surface area contributed by atoms with Gasteiger partial charge in [-0.1, -0.05) is 6.92 Å². The lowest BCUT2D eigenvalue weighted by Crippen LogP contribution is -2.29. The molecule has 1 heterocycles. The van der Waals surface area contributed by atoms with Crippen LogP contribution in [0.15, 0.2) is 18.2 Å². The molecule has 0 spiro atoms. The van der Waals surface area contributed by atoms with E-state index in [0.29, 0.717) is 6.04 Å². The van der Waals surface area contributed by atoms with Gasteiger partial charge in [0, 0.05) is 18.7 Å². The Bertz CT molecular complexity index is 365. The van der Waals surface area contributed by atoms with Gasteiger partial charge in [0.05, 0.1) is 18.5 Å². The van der Waals surface area contributed by atoms with Gasteiger partial charge in [-0.05, 0) is 31.4 Å². The molecule has 2 N–H and O–H groups in total. The minimum Gasteiger partial charge on any atom is -0.497 e. The van der Waals surface area contributed by atoms with E-state index in [2.05, 4.69) is 11.8 Å². The summed E-state index contributed by atoms with van der Waals surface area (Å²) in [7, 11) is 1.69. The summed E-state index contributed by atoms with van der Waals surface area (Å²) in [5.74, 6) is 0.881. The number of hydrogen-bond acceptors (Lipinski definition) is 3. The molecule has 3 nitrogen and oxygen atoms in total. The first kappa shape index (κ1) is 11.1. The highest BCUT2D eigenvalue weighted by molar-refractivity contribution is 5.70. The molecule has 1 aromatic rings. The Morgan fingerprint density at radius 2 is 2.31 bits per heavy atom. The summed E-state index contributed by atoms with van der Waals surface area (Å²) < 4.78 is 5.26. The molecule has 0 bridgehead atoms. The van der Waals surface area contributed by atoms with Gasteiger partial charge >= 0.3 is 0 Å². The molecule has 0 saturated carbocycles. The second kappa shape index (κ2) is 4.64. The first-order chi connectivity index (χ1) is 7.76. The summed E-state index contributed by atoms with van der Waals surface area (Å²) in [5, 5.41) is 0. The molecule has 1 saturated heterocycles. The van der Waals surface area contributed by atoms with Crippen LogP contribution in [0, 0.1) is 0 Å². The van der Waals surface area contributed by atoms with E-state index in [4.69, 9.17) is 10.5 Å². The maximum atomic E-state index is 6.04. The fourth-order valence-electron chi connectivity index (χ4n) is 2.48. The molecule has 0 radical (unpaired) electrons. The Kier molecular flexibility index (Phi) is 3.22. The quantitative estimate of drug-likeness (QED) is 0.796. The summed E-state index contributed by atoms with van der Waals surface area (Å²) in [6.45, 7) is 3.34. The molecule has 0 aliphatic carbocycles. The van der Waals surface area contributed by atoms with E-state index >= 15 is 0 Å². The molecule has 3 heteroatoms. The molecule has 1 fully saturated rings. The zero-order valence-electron chi connectivity index (χ0n) is 10.1. The van der Waals surface area contributed by atoms with Gasteiger partial charge < -0.3 is 15.4 Å². The van der Waals surface area contributed by atoms with Crippen molar-refractivity contribution in [3.8, 4) is 5.75 Å². The van der Waals surface area contributed by atoms with Gasteiger partial charge in [0.1, 0.15) is 5.75 Å². The Labute approximate surface area is 97.2 Å². The maximum Gasteiger partial charge on any atom is 0.121 e. The van der Waals surface area contributed by atoms with Crippen LogP contribution in [0.3, 0.4) is 0 Å². The highest BCUT2D eigenvalue weighted by Crippen LogP contribution is 2.34. The normalized spacial score (nSPS) is 20.1. The summed E-state index contributed by atoms with van der Waals surface area (Å²) in [6, 6.07) is 6.52. The fourth-order valence-corrected chi connectivity index (χ4v) is 2.48. The predicted molar refractivity (Wildman–Crippen MR) is 68.1 cm³/mol. The Morgan fingerprint density at radius 1 is 1.50 bits per heavy atom. The summed E-state index contributed by atoms with van der Waals surface area (Å²) in [5.41, 5.74) is 8.02. The van der Waals surface area contributed by atoms with Gasteiger partial charge in [-0.15, -0.1) is 0 Å². The third-order valence-corrected chi connectivity index (χ3v) is 3.40. The number of nitrogens with two attached hydrogens (primary N) is 1. The lowest BCUT2D eigenvalue weighted by Gasteiger charge is -2.27. The van der Waals surface area contributed by atoms with Crippen LogP contribution < -0.4 is 15.4 Å². The van der Waals surface area contributed by atoms with E-state index in [9.17, 15) is 0 Å². The summed E-state index contributed by atoms with van der Waals surface area (Å²) in [6.07, 6.45) is 3.71. The molecule has 2 rings (SSSR count). The van der Waals surface area contributed by atoms with Crippen LogP contribution in [0.2, 0.25) is 0 Å². The highest BCUT2D eigenvalue weighted by Gasteiger charge is 2.24. The van der Waals surface area contributed by atoms with Crippen molar-refractivity contribution in [3.05, 3.63) is 18.2 Å². The van der Waals surface area contributed by atoms with E-state index in [-0.39, 0.29) is 0 Å². The lowest BCUT2D eigenvalue weighted by molar-refractivity contribution is 0.415. The van der Waals surface area contributed by atoms with Crippen LogP contribution in [0.4, 0.5) is 11.4 Å². The SMILES string of the molecule is CCC1CCCN1c1cc(OC)ccc1N. The van der Waals surface area contributed by atoms with Crippen molar-refractivity contribution < 1.29 is 4.74 Å². The average Bonchev–Trinajstić information content (AvgIpc) is 2.77. The topological polar surface area (TPSA) is 38.5 Å². The molecule has 1 aliphatic rings. The van der Waals surface area contributed by atoms with Gasteiger partial charge in [-0.2, -0.15) is 0 Å². The molecule has 0 aromatic heterocycles. The van der Waals surface area contributed by atoms with E-state index in [0.717, 1.165) is 23.7 Å². The van der Waals surface area contributed by atoms with E-state index in [1.54, 1.807) is 7.11 Å². The van der Waals surface area contributed by atoms with Gasteiger partial charge in [0.25, 0.3) is 0 Å². The Morgan fingerprint density at radius 3 is 3.00 bits per heavy atom. The molecular weight excluding hydrogens is 200 g/mol. The Hall–Kier alpha value is -1.38. The minimum atomic E-state index is 0.634. The third-order valence-electron chi connectivity index (χ3n) is 3.40. The zero-order chi connectivity index (χ0) is 11.5. The van der Waals surface area contributed by atoms with Crippen molar-refractivity contribution in [2.75, 3.05) is 24.3 Å². The predicted octanol–water partition coefficient (Wildman–Crippen LogP) is 2.66. The van der Waals surface area contributed by atoms with Crippen molar-refractivity contribution in [1.29, 1.82) is 0 Å². The van der Waals surface area contributed by atoms with Crippen LogP contribution in [-0.4, -0.2) is 19.7 Å². The summed E-state index contributed by atoms with van der Waals surface area (Å²) >= 11 is 0. The molecule has 1 aliphatic heterocycles. The van der Waals surface area contributed by atoms with Gasteiger partial charge in [-0.25, -0.2) is 0 Å². The summed E-state index contributed by atoms with van der Waals surface area (Å²) in [4.78, 5) is 2.41. The number of methoxy groups -OCH3 is 1. The third kappa shape index (κ3) is 1.94. The van der Waals surface area contributed by atoms with Crippen LogP contribution in [0.5, 0.6) is 5.75 Å². The molecule has 1 atom stereocenters. The van der Waals surface area contributed by atoms with Crippen molar-refractivity contribution in [1.82, 2.24) is 0 Å². The number of nitrogens with zero attached hydrogens (tertiary/aromatic N) is 1. The fraction of sp³-hybridized carbons (Fsp3) is 0.538. The number of rotatable bonds is 3. The van der Waals surface area contributed by atoms with Crippen molar-refractivity contribution in [2.45, 2.75) is 32.2 Å². The van der Waals surface area contributed by atoms with Crippen molar-refractivity contribution in [3.63, 3.8) is 0 Å².